The first-order valence-electron chi connectivity index (χ1n) is 12.1. The van der Waals surface area contributed by atoms with Crippen molar-refractivity contribution in [1.29, 1.82) is 0 Å². The second kappa shape index (κ2) is 10.8. The van der Waals surface area contributed by atoms with E-state index in [0.717, 1.165) is 61.7 Å². The Morgan fingerprint density at radius 1 is 0.879 bits per heavy atom. The van der Waals surface area contributed by atoms with Crippen molar-refractivity contribution in [3.63, 3.8) is 0 Å². The van der Waals surface area contributed by atoms with Crippen LogP contribution in [0.25, 0.3) is 11.8 Å². The van der Waals surface area contributed by atoms with Gasteiger partial charge in [0.05, 0.1) is 17.9 Å². The molecule has 0 unspecified atom stereocenters. The molecule has 4 rings (SSSR count). The predicted molar refractivity (Wildman–Crippen MR) is 130 cm³/mol. The molecule has 0 N–H and O–H groups in total. The van der Waals surface area contributed by atoms with Crippen LogP contribution in [0.15, 0.2) is 36.4 Å². The lowest BCUT2D eigenvalue weighted by Crippen LogP contribution is -2.51. The summed E-state index contributed by atoms with van der Waals surface area (Å²) in [7, 11) is 0. The molecule has 2 fully saturated rings. The van der Waals surface area contributed by atoms with Gasteiger partial charge in [-0.2, -0.15) is 5.10 Å². The maximum Gasteiger partial charge on any atom is 0.246 e. The van der Waals surface area contributed by atoms with Crippen molar-refractivity contribution in [2.45, 2.75) is 39.5 Å². The minimum Gasteiger partial charge on any atom is -0.342 e. The van der Waals surface area contributed by atoms with Gasteiger partial charge >= 0.3 is 0 Å². The fourth-order valence-corrected chi connectivity index (χ4v) is 4.71. The monoisotopic (exact) mass is 449 g/mol. The third kappa shape index (κ3) is 5.71. The molecule has 0 saturated carbocycles. The first-order valence-corrected chi connectivity index (χ1v) is 12.1. The average Bonchev–Trinajstić information content (AvgIpc) is 3.01. The van der Waals surface area contributed by atoms with E-state index in [-0.39, 0.29) is 11.8 Å². The molecule has 3 heterocycles. The van der Waals surface area contributed by atoms with Crippen LogP contribution in [0.4, 0.5) is 0 Å². The normalized spacial score (nSPS) is 18.0. The Morgan fingerprint density at radius 3 is 2.21 bits per heavy atom. The summed E-state index contributed by atoms with van der Waals surface area (Å²) in [5, 5.41) is 4.65. The van der Waals surface area contributed by atoms with Gasteiger partial charge in [-0.1, -0.05) is 31.0 Å². The highest BCUT2D eigenvalue weighted by atomic mass is 16.2. The number of carbonyl (C=O) groups excluding carboxylic acids is 2. The Bertz CT molecular complexity index is 982. The van der Waals surface area contributed by atoms with E-state index in [1.54, 1.807) is 6.08 Å². The van der Waals surface area contributed by atoms with Gasteiger partial charge in [0, 0.05) is 56.6 Å². The fraction of sp³-hybridized carbons (Fsp3) is 0.500. The van der Waals surface area contributed by atoms with Crippen LogP contribution in [0.1, 0.15) is 42.6 Å². The van der Waals surface area contributed by atoms with Crippen LogP contribution in [0.5, 0.6) is 0 Å². The van der Waals surface area contributed by atoms with E-state index < -0.39 is 0 Å². The molecule has 2 amide bonds. The van der Waals surface area contributed by atoms with Crippen molar-refractivity contribution in [3.05, 3.63) is 53.4 Å². The van der Waals surface area contributed by atoms with Crippen molar-refractivity contribution in [2.24, 2.45) is 0 Å². The Hall–Kier alpha value is -2.93. The summed E-state index contributed by atoms with van der Waals surface area (Å²) < 4.78 is 1.92. The van der Waals surface area contributed by atoms with E-state index in [4.69, 9.17) is 0 Å². The minimum atomic E-state index is 0.0137. The average molecular weight is 450 g/mol. The van der Waals surface area contributed by atoms with Crippen molar-refractivity contribution in [2.75, 3.05) is 45.8 Å². The summed E-state index contributed by atoms with van der Waals surface area (Å²) in [6.07, 6.45) is 8.22. The van der Waals surface area contributed by atoms with Gasteiger partial charge in [0.1, 0.15) is 0 Å². The zero-order valence-electron chi connectivity index (χ0n) is 19.9. The summed E-state index contributed by atoms with van der Waals surface area (Å²) in [5.74, 6) is 0.248. The van der Waals surface area contributed by atoms with Crippen LogP contribution in [-0.4, -0.2) is 82.1 Å². The van der Waals surface area contributed by atoms with Crippen molar-refractivity contribution < 1.29 is 9.59 Å². The molecule has 2 aromatic rings. The Kier molecular flexibility index (Phi) is 7.60. The lowest BCUT2D eigenvalue weighted by Gasteiger charge is -2.34. The molecular formula is C26H35N5O2. The number of para-hydroxylation sites is 1. The first kappa shape index (κ1) is 23.2. The fourth-order valence-electron chi connectivity index (χ4n) is 4.71. The Labute approximate surface area is 196 Å². The summed E-state index contributed by atoms with van der Waals surface area (Å²) in [5.41, 5.74) is 3.90. The van der Waals surface area contributed by atoms with E-state index >= 15 is 0 Å². The maximum absolute atomic E-state index is 12.8. The largest absolute Gasteiger partial charge is 0.342 e. The van der Waals surface area contributed by atoms with Gasteiger partial charge in [0.25, 0.3) is 0 Å². The van der Waals surface area contributed by atoms with E-state index in [1.807, 2.05) is 64.7 Å². The van der Waals surface area contributed by atoms with Gasteiger partial charge in [0.2, 0.25) is 11.8 Å². The molecule has 0 radical (unpaired) electrons. The highest BCUT2D eigenvalue weighted by Gasteiger charge is 2.24. The van der Waals surface area contributed by atoms with Gasteiger partial charge < -0.3 is 9.80 Å². The molecule has 1 aromatic carbocycles. The lowest BCUT2D eigenvalue weighted by molar-refractivity contribution is -0.133. The van der Waals surface area contributed by atoms with Gasteiger partial charge in [-0.3, -0.25) is 14.5 Å². The predicted octanol–water partition coefficient (Wildman–Crippen LogP) is 3.05. The lowest BCUT2D eigenvalue weighted by atomic mass is 10.1. The molecule has 2 aliphatic heterocycles. The molecule has 33 heavy (non-hydrogen) atoms. The zero-order valence-corrected chi connectivity index (χ0v) is 19.9. The summed E-state index contributed by atoms with van der Waals surface area (Å²) in [4.78, 5) is 31.5. The smallest absolute Gasteiger partial charge is 0.246 e. The van der Waals surface area contributed by atoms with Crippen molar-refractivity contribution >= 4 is 17.9 Å². The third-order valence-electron chi connectivity index (χ3n) is 6.74. The highest BCUT2D eigenvalue weighted by molar-refractivity contribution is 5.92. The third-order valence-corrected chi connectivity index (χ3v) is 6.74. The standard InChI is InChI=1S/C26H35N5O2/c1-21-24(22(2)31(27-21)23-10-6-5-7-11-23)12-13-25(32)30-18-16-28(17-19-30)20-26(33)29-14-8-3-4-9-15-29/h5-7,10-13H,3-4,8-9,14-20H2,1-2H3. The van der Waals surface area contributed by atoms with Crippen LogP contribution in [-0.2, 0) is 9.59 Å². The van der Waals surface area contributed by atoms with Crippen LogP contribution in [0.2, 0.25) is 0 Å². The molecule has 2 aliphatic rings. The number of amides is 2. The number of aromatic nitrogens is 2. The highest BCUT2D eigenvalue weighted by Crippen LogP contribution is 2.19. The number of benzene rings is 1. The Balaban J connectivity index is 1.30. The summed E-state index contributed by atoms with van der Waals surface area (Å²) in [6.45, 7) is 9.02. The number of aryl methyl sites for hydroxylation is 1. The number of rotatable bonds is 5. The van der Waals surface area contributed by atoms with Gasteiger partial charge in [0.15, 0.2) is 0 Å². The topological polar surface area (TPSA) is 61.7 Å². The van der Waals surface area contributed by atoms with E-state index in [0.29, 0.717) is 19.6 Å². The summed E-state index contributed by atoms with van der Waals surface area (Å²) >= 11 is 0. The van der Waals surface area contributed by atoms with Gasteiger partial charge in [-0.15, -0.1) is 0 Å². The molecule has 7 heteroatoms. The number of hydrogen-bond donors (Lipinski definition) is 0. The number of hydrogen-bond acceptors (Lipinski definition) is 4. The Morgan fingerprint density at radius 2 is 1.55 bits per heavy atom. The molecule has 0 spiro atoms. The molecule has 2 saturated heterocycles. The van der Waals surface area contributed by atoms with Gasteiger partial charge in [-0.05, 0) is 44.9 Å². The molecule has 176 valence electrons. The molecule has 0 atom stereocenters. The number of nitrogens with zero attached hydrogens (tertiary/aromatic N) is 5. The molecule has 0 aliphatic carbocycles. The second-order valence-electron chi connectivity index (χ2n) is 9.06. The summed E-state index contributed by atoms with van der Waals surface area (Å²) in [6, 6.07) is 10.0. The van der Waals surface area contributed by atoms with Crippen molar-refractivity contribution in [1.82, 2.24) is 24.5 Å². The van der Waals surface area contributed by atoms with Crippen molar-refractivity contribution in [3.8, 4) is 5.69 Å². The zero-order chi connectivity index (χ0) is 23.2. The second-order valence-corrected chi connectivity index (χ2v) is 9.06. The molecule has 1 aromatic heterocycles. The number of carbonyl (C=O) groups is 2. The number of likely N-dealkylation sites (tertiary alicyclic amines) is 1. The van der Waals surface area contributed by atoms with Crippen LogP contribution >= 0.6 is 0 Å². The minimum absolute atomic E-state index is 0.0137. The molecule has 0 bridgehead atoms. The number of piperazine rings is 1. The SMILES string of the molecule is Cc1nn(-c2ccccc2)c(C)c1C=CC(=O)N1CCN(CC(=O)N2CCCCCC2)CC1. The maximum atomic E-state index is 12.8. The van der Waals surface area contributed by atoms with E-state index in [2.05, 4.69) is 10.00 Å². The van der Waals surface area contributed by atoms with E-state index in [1.165, 1.54) is 12.8 Å². The quantitative estimate of drug-likeness (QED) is 0.659. The first-order chi connectivity index (χ1) is 16.0. The van der Waals surface area contributed by atoms with Gasteiger partial charge in [-0.25, -0.2) is 4.68 Å². The van der Waals surface area contributed by atoms with Crippen LogP contribution < -0.4 is 0 Å². The molecule has 7 nitrogen and oxygen atoms in total. The molecular weight excluding hydrogens is 414 g/mol. The van der Waals surface area contributed by atoms with E-state index in [9.17, 15) is 9.59 Å². The van der Waals surface area contributed by atoms with Crippen LogP contribution in [0.3, 0.4) is 0 Å². The van der Waals surface area contributed by atoms with Crippen LogP contribution in [0, 0.1) is 13.8 Å².